The van der Waals surface area contributed by atoms with E-state index in [1.807, 2.05) is 25.1 Å². The molecule has 5 heteroatoms. The second-order valence-corrected chi connectivity index (χ2v) is 5.70. The van der Waals surface area contributed by atoms with Gasteiger partial charge in [0, 0.05) is 16.3 Å². The van der Waals surface area contributed by atoms with Gasteiger partial charge in [0.15, 0.2) is 0 Å². The number of aromatic carboxylic acids is 1. The van der Waals surface area contributed by atoms with Crippen molar-refractivity contribution in [2.45, 2.75) is 16.7 Å². The van der Waals surface area contributed by atoms with Crippen molar-refractivity contribution in [3.8, 4) is 0 Å². The molecule has 1 aliphatic rings. The van der Waals surface area contributed by atoms with Crippen LogP contribution in [0.1, 0.15) is 27.6 Å². The van der Waals surface area contributed by atoms with Gasteiger partial charge in [0.25, 0.3) is 5.91 Å². The summed E-state index contributed by atoms with van der Waals surface area (Å²) in [5.41, 5.74) is 1.33. The molecule has 0 N–H and O–H groups in total. The third kappa shape index (κ3) is 2.29. The quantitative estimate of drug-likeness (QED) is 0.852. The Kier molecular flexibility index (Phi) is 3.43. The van der Waals surface area contributed by atoms with Crippen LogP contribution in [0.25, 0.3) is 0 Å². The monoisotopic (exact) mass is 298 g/mol. The summed E-state index contributed by atoms with van der Waals surface area (Å²) in [5.74, 6) is -1.36. The molecule has 3 rings (SSSR count). The van der Waals surface area contributed by atoms with Gasteiger partial charge in [0.1, 0.15) is 0 Å². The Morgan fingerprint density at radius 3 is 2.67 bits per heavy atom. The zero-order valence-electron chi connectivity index (χ0n) is 11.3. The van der Waals surface area contributed by atoms with E-state index in [1.54, 1.807) is 17.0 Å². The molecule has 4 nitrogen and oxygen atoms in total. The summed E-state index contributed by atoms with van der Waals surface area (Å²) < 4.78 is 0. The number of amides is 1. The fourth-order valence-corrected chi connectivity index (χ4v) is 3.42. The molecule has 0 unspecified atom stereocenters. The molecule has 0 saturated heterocycles. The third-order valence-electron chi connectivity index (χ3n) is 3.38. The number of hydrogen-bond donors (Lipinski definition) is 0. The van der Waals surface area contributed by atoms with Crippen molar-refractivity contribution in [1.29, 1.82) is 0 Å². The van der Waals surface area contributed by atoms with Gasteiger partial charge in [0.2, 0.25) is 0 Å². The number of benzene rings is 2. The lowest BCUT2D eigenvalue weighted by Crippen LogP contribution is -2.31. The van der Waals surface area contributed by atoms with E-state index in [0.29, 0.717) is 17.8 Å². The topological polar surface area (TPSA) is 60.4 Å². The molecule has 0 spiro atoms. The Labute approximate surface area is 126 Å². The minimum Gasteiger partial charge on any atom is -0.545 e. The van der Waals surface area contributed by atoms with Crippen LogP contribution in [0.15, 0.2) is 52.3 Å². The summed E-state index contributed by atoms with van der Waals surface area (Å²) in [7, 11) is 0. The predicted molar refractivity (Wildman–Crippen MR) is 78.7 cm³/mol. The lowest BCUT2D eigenvalue weighted by molar-refractivity contribution is -0.255. The van der Waals surface area contributed by atoms with Gasteiger partial charge in [-0.15, -0.1) is 0 Å². The average molecular weight is 298 g/mol. The number of carbonyl (C=O) groups excluding carboxylic acids is 2. The fraction of sp³-hybridized carbons (Fsp3) is 0.125. The van der Waals surface area contributed by atoms with E-state index in [0.717, 1.165) is 9.79 Å². The zero-order valence-corrected chi connectivity index (χ0v) is 12.1. The van der Waals surface area contributed by atoms with Crippen molar-refractivity contribution in [2.75, 3.05) is 11.4 Å². The van der Waals surface area contributed by atoms with Crippen LogP contribution in [0, 0.1) is 0 Å². The molecule has 1 aliphatic heterocycles. The maximum atomic E-state index is 12.7. The normalized spacial score (nSPS) is 13.4. The van der Waals surface area contributed by atoms with Crippen molar-refractivity contribution < 1.29 is 14.7 Å². The van der Waals surface area contributed by atoms with Crippen molar-refractivity contribution >= 4 is 29.3 Å². The smallest absolute Gasteiger partial charge is 0.259 e. The molecule has 0 radical (unpaired) electrons. The highest BCUT2D eigenvalue weighted by Crippen LogP contribution is 2.41. The molecular formula is C16H12NO3S-. The molecule has 0 saturated carbocycles. The van der Waals surface area contributed by atoms with E-state index in [2.05, 4.69) is 0 Å². The molecule has 0 aliphatic carbocycles. The third-order valence-corrected chi connectivity index (χ3v) is 4.53. The van der Waals surface area contributed by atoms with Gasteiger partial charge in [-0.1, -0.05) is 30.0 Å². The number of carboxylic acid groups (broad SMARTS) is 1. The van der Waals surface area contributed by atoms with E-state index in [1.165, 1.54) is 23.9 Å². The summed E-state index contributed by atoms with van der Waals surface area (Å²) in [6, 6.07) is 12.1. The van der Waals surface area contributed by atoms with E-state index in [-0.39, 0.29) is 11.5 Å². The van der Waals surface area contributed by atoms with Gasteiger partial charge in [-0.2, -0.15) is 0 Å². The number of nitrogens with zero attached hydrogens (tertiary/aromatic N) is 1. The fourth-order valence-electron chi connectivity index (χ4n) is 2.36. The standard InChI is InChI=1S/C16H13NO3S/c1-2-17-12-9-10(16(19)20)7-8-14(12)21-13-6-4-3-5-11(13)15(17)18/h3-9H,2H2,1H3,(H,19,20)/p-1. The van der Waals surface area contributed by atoms with Crippen molar-refractivity contribution in [2.24, 2.45) is 0 Å². The number of hydrogen-bond acceptors (Lipinski definition) is 4. The first-order chi connectivity index (χ1) is 10.1. The Balaban J connectivity index is 2.21. The second kappa shape index (κ2) is 5.26. The highest BCUT2D eigenvalue weighted by Gasteiger charge is 2.26. The van der Waals surface area contributed by atoms with E-state index >= 15 is 0 Å². The van der Waals surface area contributed by atoms with Crippen LogP contribution in [0.4, 0.5) is 5.69 Å². The number of carboxylic acids is 1. The molecule has 0 fully saturated rings. The zero-order chi connectivity index (χ0) is 15.0. The molecule has 21 heavy (non-hydrogen) atoms. The van der Waals surface area contributed by atoms with Gasteiger partial charge < -0.3 is 14.8 Å². The SMILES string of the molecule is CCN1C(=O)c2ccccc2Sc2ccc(C(=O)[O-])cc21. The highest BCUT2D eigenvalue weighted by molar-refractivity contribution is 7.99. The molecule has 1 amide bonds. The van der Waals surface area contributed by atoms with Crippen LogP contribution >= 0.6 is 11.8 Å². The molecule has 2 aromatic carbocycles. The molecule has 1 heterocycles. The van der Waals surface area contributed by atoms with Gasteiger partial charge >= 0.3 is 0 Å². The maximum absolute atomic E-state index is 12.7. The molecule has 0 aromatic heterocycles. The minimum absolute atomic E-state index is 0.0755. The summed E-state index contributed by atoms with van der Waals surface area (Å²) in [6.45, 7) is 2.34. The van der Waals surface area contributed by atoms with Crippen LogP contribution in [0.3, 0.4) is 0 Å². The Hall–Kier alpha value is -2.27. The summed E-state index contributed by atoms with van der Waals surface area (Å²) in [6.07, 6.45) is 0. The first kappa shape index (κ1) is 13.7. The second-order valence-electron chi connectivity index (χ2n) is 4.62. The van der Waals surface area contributed by atoms with E-state index in [4.69, 9.17) is 0 Å². The van der Waals surface area contributed by atoms with Crippen molar-refractivity contribution in [3.63, 3.8) is 0 Å². The lowest BCUT2D eigenvalue weighted by atomic mass is 10.1. The number of anilines is 1. The number of rotatable bonds is 2. The minimum atomic E-state index is -1.24. The van der Waals surface area contributed by atoms with Gasteiger partial charge in [0.05, 0.1) is 17.2 Å². The number of fused-ring (bicyclic) bond motifs is 2. The van der Waals surface area contributed by atoms with Gasteiger partial charge in [-0.05, 0) is 36.8 Å². The Morgan fingerprint density at radius 2 is 1.95 bits per heavy atom. The Bertz CT molecular complexity index is 742. The lowest BCUT2D eigenvalue weighted by Gasteiger charge is -2.22. The van der Waals surface area contributed by atoms with E-state index < -0.39 is 5.97 Å². The summed E-state index contributed by atoms with van der Waals surface area (Å²) >= 11 is 1.47. The molecule has 0 bridgehead atoms. The van der Waals surface area contributed by atoms with Crippen molar-refractivity contribution in [1.82, 2.24) is 0 Å². The van der Waals surface area contributed by atoms with Crippen LogP contribution < -0.4 is 10.0 Å². The predicted octanol–water partition coefficient (Wildman–Crippen LogP) is 2.18. The largest absolute Gasteiger partial charge is 0.545 e. The molecule has 2 aromatic rings. The average Bonchev–Trinajstić information content (AvgIpc) is 2.60. The van der Waals surface area contributed by atoms with E-state index in [9.17, 15) is 14.7 Å². The van der Waals surface area contributed by atoms with Gasteiger partial charge in [-0.25, -0.2) is 0 Å². The molecule has 0 atom stereocenters. The highest BCUT2D eigenvalue weighted by atomic mass is 32.2. The van der Waals surface area contributed by atoms with Crippen LogP contribution in [0.2, 0.25) is 0 Å². The molecule has 106 valence electrons. The number of carbonyl (C=O) groups is 2. The van der Waals surface area contributed by atoms with Gasteiger partial charge in [-0.3, -0.25) is 4.79 Å². The van der Waals surface area contributed by atoms with Crippen molar-refractivity contribution in [3.05, 3.63) is 53.6 Å². The maximum Gasteiger partial charge on any atom is 0.259 e. The first-order valence-corrected chi connectivity index (χ1v) is 7.37. The van der Waals surface area contributed by atoms with Crippen LogP contribution in [-0.2, 0) is 0 Å². The van der Waals surface area contributed by atoms with Crippen LogP contribution in [-0.4, -0.2) is 18.4 Å². The summed E-state index contributed by atoms with van der Waals surface area (Å²) in [4.78, 5) is 27.0. The summed E-state index contributed by atoms with van der Waals surface area (Å²) in [5, 5.41) is 11.0. The molecular weight excluding hydrogens is 286 g/mol. The Morgan fingerprint density at radius 1 is 1.19 bits per heavy atom. The van der Waals surface area contributed by atoms with Crippen LogP contribution in [0.5, 0.6) is 0 Å². The first-order valence-electron chi connectivity index (χ1n) is 6.56.